The smallest absolute Gasteiger partial charge is 0.162 e. The lowest BCUT2D eigenvalue weighted by atomic mass is 9.46. The molecule has 5 aliphatic carbocycles. The minimum absolute atomic E-state index is 0.221. The van der Waals surface area contributed by atoms with Gasteiger partial charge in [-0.1, -0.05) is 90.3 Å². The van der Waals surface area contributed by atoms with Crippen LogP contribution < -0.4 is 0 Å². The Morgan fingerprint density at radius 3 is 1.96 bits per heavy atom. The third kappa shape index (κ3) is 6.41. The number of allylic oxidation sites excluding steroid dienone is 3. The summed E-state index contributed by atoms with van der Waals surface area (Å²) in [5, 5.41) is 0. The van der Waals surface area contributed by atoms with Crippen molar-refractivity contribution in [1.29, 1.82) is 0 Å². The van der Waals surface area contributed by atoms with E-state index in [9.17, 15) is 9.59 Å². The highest BCUT2D eigenvalue weighted by Gasteiger charge is 2.54. The van der Waals surface area contributed by atoms with Gasteiger partial charge >= 0.3 is 0 Å². The molecule has 0 N–H and O–H groups in total. The van der Waals surface area contributed by atoms with E-state index in [1.54, 1.807) is 7.11 Å². The zero-order chi connectivity index (χ0) is 32.8. The largest absolute Gasteiger partial charge is 0.356 e. The van der Waals surface area contributed by atoms with E-state index in [4.69, 9.17) is 9.47 Å². The molecule has 0 heterocycles. The van der Waals surface area contributed by atoms with Gasteiger partial charge in [-0.05, 0) is 122 Å². The van der Waals surface area contributed by atoms with Crippen molar-refractivity contribution in [3.63, 3.8) is 0 Å². The Kier molecular flexibility index (Phi) is 10.00. The monoisotopic (exact) mass is 618 g/mol. The third-order valence-electron chi connectivity index (χ3n) is 14.2. The molecule has 5 rings (SSSR count). The number of ether oxygens (including phenoxy) is 2. The lowest BCUT2D eigenvalue weighted by Gasteiger charge is -2.58. The Morgan fingerprint density at radius 2 is 1.42 bits per heavy atom. The normalized spacial score (nSPS) is 38.6. The predicted octanol–water partition coefficient (Wildman–Crippen LogP) is 10.1. The number of fused-ring (bicyclic) bond motifs is 2. The number of carbonyl (C=O) groups is 2. The second-order valence-electron chi connectivity index (χ2n) is 17.5. The van der Waals surface area contributed by atoms with Crippen LogP contribution in [0.2, 0.25) is 0 Å². The fourth-order valence-corrected chi connectivity index (χ4v) is 11.6. The third-order valence-corrected chi connectivity index (χ3v) is 14.2. The molecule has 5 aliphatic rings. The summed E-state index contributed by atoms with van der Waals surface area (Å²) in [6.07, 6.45) is 18.4. The summed E-state index contributed by atoms with van der Waals surface area (Å²) < 4.78 is 12.1. The van der Waals surface area contributed by atoms with Crippen LogP contribution >= 0.6 is 0 Å². The molecule has 4 heteroatoms. The molecule has 4 nitrogen and oxygen atoms in total. The average molecular weight is 619 g/mol. The number of hydrogen-bond donors (Lipinski definition) is 0. The minimum Gasteiger partial charge on any atom is -0.356 e. The molecule has 0 aromatic heterocycles. The van der Waals surface area contributed by atoms with Crippen LogP contribution in [0.5, 0.6) is 0 Å². The SMILES string of the molecule is C=C1CC[C@H]2C(C)(C)CCC[C@]2(C)[C@@H]1CC1=C(C=O)C(OC(C/C(C=O)=C\C[C@H]2C(=C)CC[C@H]3C(C)(C)CCC[C@]23C)OC)C1. The Morgan fingerprint density at radius 1 is 0.867 bits per heavy atom. The van der Waals surface area contributed by atoms with Gasteiger partial charge in [0.15, 0.2) is 6.29 Å². The van der Waals surface area contributed by atoms with Gasteiger partial charge in [0.1, 0.15) is 12.6 Å². The summed E-state index contributed by atoms with van der Waals surface area (Å²) in [7, 11) is 1.63. The van der Waals surface area contributed by atoms with E-state index in [1.807, 2.05) is 0 Å². The molecule has 250 valence electrons. The molecule has 45 heavy (non-hydrogen) atoms. The van der Waals surface area contributed by atoms with E-state index in [0.29, 0.717) is 46.5 Å². The maximum absolute atomic E-state index is 12.4. The molecule has 0 amide bonds. The highest BCUT2D eigenvalue weighted by Crippen LogP contribution is 2.63. The van der Waals surface area contributed by atoms with Crippen molar-refractivity contribution in [3.05, 3.63) is 47.1 Å². The average Bonchev–Trinajstić information content (AvgIpc) is 2.95. The van der Waals surface area contributed by atoms with Crippen molar-refractivity contribution in [2.24, 2.45) is 45.3 Å². The van der Waals surface area contributed by atoms with Crippen molar-refractivity contribution >= 4 is 12.6 Å². The van der Waals surface area contributed by atoms with Crippen molar-refractivity contribution in [3.8, 4) is 0 Å². The van der Waals surface area contributed by atoms with Gasteiger partial charge in [-0.3, -0.25) is 9.59 Å². The van der Waals surface area contributed by atoms with Crippen LogP contribution in [0.1, 0.15) is 131 Å². The molecule has 8 atom stereocenters. The first kappa shape index (κ1) is 34.6. The fourth-order valence-electron chi connectivity index (χ4n) is 11.6. The Labute approximate surface area is 274 Å². The van der Waals surface area contributed by atoms with E-state index in [0.717, 1.165) is 50.2 Å². The predicted molar refractivity (Wildman–Crippen MR) is 184 cm³/mol. The number of aldehydes is 2. The lowest BCUT2D eigenvalue weighted by molar-refractivity contribution is -0.152. The first-order valence-corrected chi connectivity index (χ1v) is 18.0. The highest BCUT2D eigenvalue weighted by atomic mass is 16.7. The molecule has 0 aliphatic heterocycles. The van der Waals surface area contributed by atoms with Gasteiger partial charge < -0.3 is 9.47 Å². The van der Waals surface area contributed by atoms with Gasteiger partial charge in [0.25, 0.3) is 0 Å². The summed E-state index contributed by atoms with van der Waals surface area (Å²) in [5.41, 5.74) is 6.57. The molecule has 0 bridgehead atoms. The van der Waals surface area contributed by atoms with Gasteiger partial charge in [-0.15, -0.1) is 0 Å². The first-order valence-electron chi connectivity index (χ1n) is 18.0. The topological polar surface area (TPSA) is 52.6 Å². The number of methoxy groups -OCH3 is 1. The number of carbonyl (C=O) groups excluding carboxylic acids is 2. The highest BCUT2D eigenvalue weighted by molar-refractivity contribution is 5.79. The summed E-state index contributed by atoms with van der Waals surface area (Å²) in [4.78, 5) is 24.7. The number of rotatable bonds is 11. The summed E-state index contributed by atoms with van der Waals surface area (Å²) in [5.74, 6) is 2.17. The Balaban J connectivity index is 1.24. The molecule has 0 aromatic carbocycles. The molecule has 0 saturated heterocycles. The standard InChI is InChI=1S/C41H62O4/c1-27-12-16-35-38(3,4)18-10-20-40(35,7)32(27)15-14-29(25-42)22-37(44-9)45-34-24-30(31(34)26-43)23-33-28(2)13-17-36-39(5,6)19-11-21-41(33,36)8/h14,25-26,32-37H,1-2,10-13,15-24H2,3-9H3/b29-14+/t32-,33+,34?,35-,36-,37?,40+,41+/m0/s1. The van der Waals surface area contributed by atoms with Crippen LogP contribution in [0.4, 0.5) is 0 Å². The Bertz CT molecular complexity index is 1230. The summed E-state index contributed by atoms with van der Waals surface area (Å²) >= 11 is 0. The van der Waals surface area contributed by atoms with Crippen molar-refractivity contribution in [2.45, 2.75) is 144 Å². The maximum atomic E-state index is 12.4. The molecular weight excluding hydrogens is 556 g/mol. The van der Waals surface area contributed by atoms with Crippen LogP contribution in [0.3, 0.4) is 0 Å². The molecule has 0 radical (unpaired) electrons. The van der Waals surface area contributed by atoms with E-state index >= 15 is 0 Å². The zero-order valence-corrected chi connectivity index (χ0v) is 29.6. The van der Waals surface area contributed by atoms with Crippen LogP contribution in [0, 0.1) is 45.3 Å². The van der Waals surface area contributed by atoms with Crippen LogP contribution in [0.15, 0.2) is 47.1 Å². The van der Waals surface area contributed by atoms with Gasteiger partial charge in [-0.2, -0.15) is 0 Å². The molecular formula is C41H62O4. The lowest BCUT2D eigenvalue weighted by Crippen LogP contribution is -2.50. The second kappa shape index (κ2) is 13.0. The van der Waals surface area contributed by atoms with E-state index in [2.05, 4.69) is 60.8 Å². The molecule has 4 saturated carbocycles. The summed E-state index contributed by atoms with van der Waals surface area (Å²) in [6.45, 7) is 23.8. The molecule has 0 spiro atoms. The van der Waals surface area contributed by atoms with Gasteiger partial charge in [0, 0.05) is 19.1 Å². The molecule has 0 aromatic rings. The van der Waals surface area contributed by atoms with Crippen LogP contribution in [-0.4, -0.2) is 32.1 Å². The summed E-state index contributed by atoms with van der Waals surface area (Å²) in [6, 6.07) is 0. The second-order valence-corrected chi connectivity index (χ2v) is 17.5. The van der Waals surface area contributed by atoms with Crippen molar-refractivity contribution in [2.75, 3.05) is 7.11 Å². The molecule has 4 fully saturated rings. The zero-order valence-electron chi connectivity index (χ0n) is 29.6. The van der Waals surface area contributed by atoms with Gasteiger partial charge in [-0.25, -0.2) is 0 Å². The number of hydrogen-bond acceptors (Lipinski definition) is 4. The molecule has 2 unspecified atom stereocenters. The van der Waals surface area contributed by atoms with Gasteiger partial charge in [0.05, 0.1) is 6.10 Å². The van der Waals surface area contributed by atoms with Crippen molar-refractivity contribution in [1.82, 2.24) is 0 Å². The first-order chi connectivity index (χ1) is 21.2. The van der Waals surface area contributed by atoms with E-state index < -0.39 is 6.29 Å². The van der Waals surface area contributed by atoms with E-state index in [1.165, 1.54) is 68.1 Å². The fraction of sp³-hybridized carbons (Fsp3) is 0.756. The maximum Gasteiger partial charge on any atom is 0.162 e. The Hall–Kier alpha value is -1.78. The quantitative estimate of drug-likeness (QED) is 0.100. The minimum atomic E-state index is -0.569. The van der Waals surface area contributed by atoms with E-state index in [-0.39, 0.29) is 16.9 Å². The van der Waals surface area contributed by atoms with Crippen molar-refractivity contribution < 1.29 is 19.1 Å². The van der Waals surface area contributed by atoms with Crippen LogP contribution in [-0.2, 0) is 19.1 Å². The van der Waals surface area contributed by atoms with Gasteiger partial charge in [0.2, 0.25) is 0 Å². The van der Waals surface area contributed by atoms with Crippen LogP contribution in [0.25, 0.3) is 0 Å².